The lowest BCUT2D eigenvalue weighted by atomic mass is 9.97. The average Bonchev–Trinajstić information content (AvgIpc) is 2.62. The van der Waals surface area contributed by atoms with Crippen LogP contribution in [0.2, 0.25) is 0 Å². The Morgan fingerprint density at radius 2 is 1.75 bits per heavy atom. The molecule has 1 saturated carbocycles. The molecule has 0 heterocycles. The van der Waals surface area contributed by atoms with Crippen LogP contribution in [-0.2, 0) is 4.79 Å². The van der Waals surface area contributed by atoms with Crippen LogP contribution < -0.4 is 0 Å². The molecule has 0 saturated heterocycles. The van der Waals surface area contributed by atoms with Gasteiger partial charge in [-0.3, -0.25) is 4.79 Å². The van der Waals surface area contributed by atoms with Gasteiger partial charge in [0.1, 0.15) is 0 Å². The molecule has 0 amide bonds. The maximum absolute atomic E-state index is 10.3. The normalized spacial score (nSPS) is 24.8. The van der Waals surface area contributed by atoms with Gasteiger partial charge in [-0.15, -0.1) is 0 Å². The Bertz CT molecular complexity index is 203. The zero-order chi connectivity index (χ0) is 11.8. The summed E-state index contributed by atoms with van der Waals surface area (Å²) in [6.07, 6.45) is 10.1. The quantitative estimate of drug-likeness (QED) is 0.628. The van der Waals surface area contributed by atoms with Crippen LogP contribution in [-0.4, -0.2) is 22.3 Å². The molecule has 0 aliphatic heterocycles. The van der Waals surface area contributed by atoms with Crippen LogP contribution >= 0.6 is 0 Å². The summed E-state index contributed by atoms with van der Waals surface area (Å²) in [6.45, 7) is 0. The second kappa shape index (κ2) is 7.66. The van der Waals surface area contributed by atoms with E-state index in [2.05, 4.69) is 0 Å². The summed E-state index contributed by atoms with van der Waals surface area (Å²) in [6, 6.07) is 0. The van der Waals surface area contributed by atoms with Crippen LogP contribution in [0, 0.1) is 5.92 Å². The monoisotopic (exact) mass is 228 g/mol. The van der Waals surface area contributed by atoms with Crippen molar-refractivity contribution in [3.63, 3.8) is 0 Å². The van der Waals surface area contributed by atoms with E-state index in [0.717, 1.165) is 32.1 Å². The first-order valence-electron chi connectivity index (χ1n) is 6.60. The number of rotatable bonds is 8. The molecular formula is C13H24O3. The standard InChI is InChI=1S/C13H24O3/c14-12-9-6-8-11(12)7-4-2-1-3-5-10-13(15)16/h11-12,14H,1-10H2,(H,15,16). The molecule has 2 unspecified atom stereocenters. The summed E-state index contributed by atoms with van der Waals surface area (Å²) >= 11 is 0. The molecule has 0 aromatic heterocycles. The van der Waals surface area contributed by atoms with Gasteiger partial charge in [0, 0.05) is 6.42 Å². The fourth-order valence-electron chi connectivity index (χ4n) is 2.57. The number of aliphatic hydroxyl groups is 1. The largest absolute Gasteiger partial charge is 0.481 e. The smallest absolute Gasteiger partial charge is 0.303 e. The van der Waals surface area contributed by atoms with Crippen molar-refractivity contribution in [1.82, 2.24) is 0 Å². The highest BCUT2D eigenvalue weighted by Gasteiger charge is 2.24. The molecule has 1 aliphatic carbocycles. The van der Waals surface area contributed by atoms with Crippen LogP contribution in [0.3, 0.4) is 0 Å². The number of hydrogen-bond acceptors (Lipinski definition) is 2. The first-order valence-corrected chi connectivity index (χ1v) is 6.60. The SMILES string of the molecule is O=C(O)CCCCCCCC1CCCC1O. The number of carbonyl (C=O) groups is 1. The van der Waals surface area contributed by atoms with Crippen molar-refractivity contribution < 1.29 is 15.0 Å². The van der Waals surface area contributed by atoms with E-state index in [4.69, 9.17) is 5.11 Å². The molecule has 0 spiro atoms. The van der Waals surface area contributed by atoms with E-state index < -0.39 is 5.97 Å². The summed E-state index contributed by atoms with van der Waals surface area (Å²) in [5.74, 6) is -0.145. The average molecular weight is 228 g/mol. The minimum atomic E-state index is -0.686. The van der Waals surface area contributed by atoms with Gasteiger partial charge in [0.05, 0.1) is 6.10 Å². The number of carboxylic acids is 1. The van der Waals surface area contributed by atoms with Crippen molar-refractivity contribution in [1.29, 1.82) is 0 Å². The third kappa shape index (κ3) is 5.50. The zero-order valence-electron chi connectivity index (χ0n) is 10.0. The molecule has 3 heteroatoms. The molecular weight excluding hydrogens is 204 g/mol. The first-order chi connectivity index (χ1) is 7.70. The van der Waals surface area contributed by atoms with E-state index in [9.17, 15) is 9.90 Å². The summed E-state index contributed by atoms with van der Waals surface area (Å²) in [7, 11) is 0. The minimum absolute atomic E-state index is 0.0491. The van der Waals surface area contributed by atoms with Crippen molar-refractivity contribution in [2.24, 2.45) is 5.92 Å². The fourth-order valence-corrected chi connectivity index (χ4v) is 2.57. The van der Waals surface area contributed by atoms with Gasteiger partial charge < -0.3 is 10.2 Å². The summed E-state index contributed by atoms with van der Waals surface area (Å²) in [5.41, 5.74) is 0. The van der Waals surface area contributed by atoms with Crippen molar-refractivity contribution in [3.05, 3.63) is 0 Å². The van der Waals surface area contributed by atoms with Gasteiger partial charge in [0.25, 0.3) is 0 Å². The highest BCUT2D eigenvalue weighted by Crippen LogP contribution is 2.29. The first kappa shape index (κ1) is 13.5. The Hall–Kier alpha value is -0.570. The Morgan fingerprint density at radius 3 is 2.38 bits per heavy atom. The lowest BCUT2D eigenvalue weighted by molar-refractivity contribution is -0.137. The van der Waals surface area contributed by atoms with Gasteiger partial charge in [-0.05, 0) is 31.6 Å². The Balaban J connectivity index is 1.86. The van der Waals surface area contributed by atoms with Crippen molar-refractivity contribution in [2.45, 2.75) is 70.3 Å². The topological polar surface area (TPSA) is 57.5 Å². The van der Waals surface area contributed by atoms with Gasteiger partial charge >= 0.3 is 5.97 Å². The molecule has 2 atom stereocenters. The van der Waals surface area contributed by atoms with Crippen LogP contribution in [0.1, 0.15) is 64.2 Å². The highest BCUT2D eigenvalue weighted by atomic mass is 16.4. The predicted molar refractivity (Wildman–Crippen MR) is 63.3 cm³/mol. The Labute approximate surface area is 97.9 Å². The van der Waals surface area contributed by atoms with Gasteiger partial charge in [-0.2, -0.15) is 0 Å². The second-order valence-electron chi connectivity index (χ2n) is 4.96. The zero-order valence-corrected chi connectivity index (χ0v) is 10.0. The number of aliphatic hydroxyl groups excluding tert-OH is 1. The lowest BCUT2D eigenvalue weighted by Gasteiger charge is -2.13. The number of hydrogen-bond donors (Lipinski definition) is 2. The van der Waals surface area contributed by atoms with Crippen molar-refractivity contribution >= 4 is 5.97 Å². The van der Waals surface area contributed by atoms with Crippen molar-refractivity contribution in [2.75, 3.05) is 0 Å². The molecule has 1 rings (SSSR count). The van der Waals surface area contributed by atoms with Crippen LogP contribution in [0.5, 0.6) is 0 Å². The molecule has 0 aromatic rings. The van der Waals surface area contributed by atoms with E-state index in [0.29, 0.717) is 12.3 Å². The van der Waals surface area contributed by atoms with Gasteiger partial charge in [0.15, 0.2) is 0 Å². The molecule has 1 fully saturated rings. The third-order valence-electron chi connectivity index (χ3n) is 3.58. The summed E-state index contributed by atoms with van der Waals surface area (Å²) in [5, 5.41) is 18.1. The predicted octanol–water partition coefficient (Wildman–Crippen LogP) is 2.96. The molecule has 1 aliphatic rings. The molecule has 16 heavy (non-hydrogen) atoms. The molecule has 0 radical (unpaired) electrons. The van der Waals surface area contributed by atoms with Gasteiger partial charge in [-0.25, -0.2) is 0 Å². The maximum Gasteiger partial charge on any atom is 0.303 e. The number of unbranched alkanes of at least 4 members (excludes halogenated alkanes) is 4. The third-order valence-corrected chi connectivity index (χ3v) is 3.58. The van der Waals surface area contributed by atoms with E-state index in [1.165, 1.54) is 25.7 Å². The van der Waals surface area contributed by atoms with E-state index >= 15 is 0 Å². The van der Waals surface area contributed by atoms with E-state index in [1.54, 1.807) is 0 Å². The number of aliphatic carboxylic acids is 1. The van der Waals surface area contributed by atoms with Crippen LogP contribution in [0.25, 0.3) is 0 Å². The second-order valence-corrected chi connectivity index (χ2v) is 4.96. The highest BCUT2D eigenvalue weighted by molar-refractivity contribution is 5.66. The Kier molecular flexibility index (Phi) is 6.46. The molecule has 3 nitrogen and oxygen atoms in total. The van der Waals surface area contributed by atoms with Gasteiger partial charge in [0.2, 0.25) is 0 Å². The molecule has 0 bridgehead atoms. The lowest BCUT2D eigenvalue weighted by Crippen LogP contribution is -2.12. The summed E-state index contributed by atoms with van der Waals surface area (Å²) < 4.78 is 0. The van der Waals surface area contributed by atoms with Crippen molar-refractivity contribution in [3.8, 4) is 0 Å². The van der Waals surface area contributed by atoms with E-state index in [-0.39, 0.29) is 6.10 Å². The summed E-state index contributed by atoms with van der Waals surface area (Å²) in [4.78, 5) is 10.3. The Morgan fingerprint density at radius 1 is 1.06 bits per heavy atom. The number of carboxylic acid groups (broad SMARTS) is 1. The fraction of sp³-hybridized carbons (Fsp3) is 0.923. The van der Waals surface area contributed by atoms with Gasteiger partial charge in [-0.1, -0.05) is 32.1 Å². The van der Waals surface area contributed by atoms with E-state index in [1.807, 2.05) is 0 Å². The van der Waals surface area contributed by atoms with Crippen LogP contribution in [0.4, 0.5) is 0 Å². The maximum atomic E-state index is 10.3. The molecule has 94 valence electrons. The van der Waals surface area contributed by atoms with Crippen LogP contribution in [0.15, 0.2) is 0 Å². The minimum Gasteiger partial charge on any atom is -0.481 e. The molecule has 2 N–H and O–H groups in total. The molecule has 0 aromatic carbocycles.